The van der Waals surface area contributed by atoms with Crippen LogP contribution in [0.1, 0.15) is 13.3 Å². The molecule has 0 aliphatic carbocycles. The van der Waals surface area contributed by atoms with Gasteiger partial charge in [0.15, 0.2) is 0 Å². The van der Waals surface area contributed by atoms with E-state index >= 15 is 0 Å². The van der Waals surface area contributed by atoms with E-state index in [2.05, 4.69) is 12.3 Å². The third-order valence-corrected chi connectivity index (χ3v) is 1.33. The van der Waals surface area contributed by atoms with Crippen molar-refractivity contribution in [1.82, 2.24) is 0 Å². The first kappa shape index (κ1) is 8.48. The maximum atomic E-state index is 10.4. The van der Waals surface area contributed by atoms with E-state index in [-0.39, 0.29) is 11.2 Å². The standard InChI is InChI=1S/C7H9ClO/c1-3-5-6(4-2)7(8)9/h5-6H,1,4H2,2H3. The van der Waals surface area contributed by atoms with Gasteiger partial charge in [0.05, 0.1) is 5.92 Å². The highest BCUT2D eigenvalue weighted by atomic mass is 35.5. The van der Waals surface area contributed by atoms with E-state index in [1.54, 1.807) is 6.08 Å². The van der Waals surface area contributed by atoms with Crippen LogP contribution in [0.3, 0.4) is 0 Å². The van der Waals surface area contributed by atoms with E-state index in [0.29, 0.717) is 6.42 Å². The van der Waals surface area contributed by atoms with Crippen molar-refractivity contribution in [2.24, 2.45) is 5.92 Å². The summed E-state index contributed by atoms with van der Waals surface area (Å²) in [6, 6.07) is 0. The van der Waals surface area contributed by atoms with Gasteiger partial charge in [-0.1, -0.05) is 13.5 Å². The van der Waals surface area contributed by atoms with Crippen LogP contribution in [0.4, 0.5) is 0 Å². The number of allylic oxidation sites excluding steroid dienone is 1. The van der Waals surface area contributed by atoms with Gasteiger partial charge in [-0.05, 0) is 24.1 Å². The van der Waals surface area contributed by atoms with E-state index in [4.69, 9.17) is 11.6 Å². The first-order chi connectivity index (χ1) is 4.22. The van der Waals surface area contributed by atoms with Gasteiger partial charge in [0.25, 0.3) is 0 Å². The lowest BCUT2D eigenvalue weighted by molar-refractivity contribution is -0.113. The molecular weight excluding hydrogens is 136 g/mol. The van der Waals surface area contributed by atoms with Crippen molar-refractivity contribution in [2.75, 3.05) is 0 Å². The highest BCUT2D eigenvalue weighted by Crippen LogP contribution is 2.07. The first-order valence-corrected chi connectivity index (χ1v) is 3.15. The van der Waals surface area contributed by atoms with Crippen molar-refractivity contribution >= 4 is 16.8 Å². The Morgan fingerprint density at radius 1 is 2.00 bits per heavy atom. The molecule has 0 rings (SSSR count). The van der Waals surface area contributed by atoms with E-state index in [1.807, 2.05) is 6.92 Å². The average Bonchev–Trinajstić information content (AvgIpc) is 1.82. The lowest BCUT2D eigenvalue weighted by Crippen LogP contribution is -2.02. The van der Waals surface area contributed by atoms with E-state index in [1.165, 1.54) is 0 Å². The van der Waals surface area contributed by atoms with Crippen molar-refractivity contribution in [2.45, 2.75) is 13.3 Å². The lowest BCUT2D eigenvalue weighted by Gasteiger charge is -1.98. The van der Waals surface area contributed by atoms with Crippen molar-refractivity contribution < 1.29 is 4.79 Å². The maximum absolute atomic E-state index is 10.4. The molecule has 0 fully saturated rings. The van der Waals surface area contributed by atoms with Gasteiger partial charge in [0, 0.05) is 0 Å². The summed E-state index contributed by atoms with van der Waals surface area (Å²) < 4.78 is 0. The summed E-state index contributed by atoms with van der Waals surface area (Å²) in [4.78, 5) is 10.4. The lowest BCUT2D eigenvalue weighted by atomic mass is 10.1. The molecule has 0 aromatic rings. The molecule has 0 aromatic heterocycles. The largest absolute Gasteiger partial charge is 0.281 e. The van der Waals surface area contributed by atoms with Gasteiger partial charge >= 0.3 is 0 Å². The summed E-state index contributed by atoms with van der Waals surface area (Å²) in [6.07, 6.45) is 2.29. The van der Waals surface area contributed by atoms with E-state index < -0.39 is 0 Å². The van der Waals surface area contributed by atoms with Crippen LogP contribution in [0.2, 0.25) is 0 Å². The Labute approximate surface area is 60.0 Å². The second-order valence-corrected chi connectivity index (χ2v) is 2.06. The van der Waals surface area contributed by atoms with Gasteiger partial charge in [0.2, 0.25) is 5.24 Å². The van der Waals surface area contributed by atoms with Crippen molar-refractivity contribution in [1.29, 1.82) is 0 Å². The molecule has 1 unspecified atom stereocenters. The number of rotatable bonds is 3. The van der Waals surface area contributed by atoms with E-state index in [0.717, 1.165) is 0 Å². The number of hydrogen-bond acceptors (Lipinski definition) is 1. The molecule has 0 aliphatic rings. The Bertz CT molecular complexity index is 143. The Hall–Kier alpha value is -0.520. The molecule has 0 aromatic carbocycles. The summed E-state index contributed by atoms with van der Waals surface area (Å²) in [5.41, 5.74) is 2.52. The summed E-state index contributed by atoms with van der Waals surface area (Å²) in [6.45, 7) is 5.23. The predicted molar refractivity (Wildman–Crippen MR) is 38.4 cm³/mol. The molecule has 0 N–H and O–H groups in total. The maximum Gasteiger partial charge on any atom is 0.229 e. The second-order valence-electron chi connectivity index (χ2n) is 1.69. The minimum atomic E-state index is -0.339. The molecule has 0 radical (unpaired) electrons. The molecule has 1 nitrogen and oxygen atoms in total. The Kier molecular flexibility index (Phi) is 4.12. The van der Waals surface area contributed by atoms with E-state index in [9.17, 15) is 4.79 Å². The molecule has 0 amide bonds. The quantitative estimate of drug-likeness (QED) is 0.438. The summed E-state index contributed by atoms with van der Waals surface area (Å²) in [5.74, 6) is -0.204. The van der Waals surface area contributed by atoms with Crippen LogP contribution in [0.25, 0.3) is 0 Å². The fourth-order valence-electron chi connectivity index (χ4n) is 0.486. The fourth-order valence-corrected chi connectivity index (χ4v) is 0.703. The van der Waals surface area contributed by atoms with Gasteiger partial charge in [-0.15, -0.1) is 5.73 Å². The number of halogens is 1. The fraction of sp³-hybridized carbons (Fsp3) is 0.429. The van der Waals surface area contributed by atoms with Gasteiger partial charge in [-0.3, -0.25) is 4.79 Å². The van der Waals surface area contributed by atoms with Crippen molar-refractivity contribution in [3.8, 4) is 0 Å². The van der Waals surface area contributed by atoms with Crippen LogP contribution in [-0.4, -0.2) is 5.24 Å². The highest BCUT2D eigenvalue weighted by Gasteiger charge is 2.07. The average molecular weight is 145 g/mol. The smallest absolute Gasteiger partial charge is 0.229 e. The Morgan fingerprint density at radius 2 is 2.56 bits per heavy atom. The van der Waals surface area contributed by atoms with Crippen LogP contribution in [0.15, 0.2) is 18.4 Å². The van der Waals surface area contributed by atoms with Crippen LogP contribution in [-0.2, 0) is 4.79 Å². The number of carbonyl (C=O) groups is 1. The molecule has 0 saturated carbocycles. The molecule has 9 heavy (non-hydrogen) atoms. The normalized spacial score (nSPS) is 11.8. The molecule has 0 heterocycles. The van der Waals surface area contributed by atoms with Crippen LogP contribution in [0.5, 0.6) is 0 Å². The van der Waals surface area contributed by atoms with Gasteiger partial charge in [0.1, 0.15) is 0 Å². The molecule has 1 atom stereocenters. The van der Waals surface area contributed by atoms with Gasteiger partial charge < -0.3 is 0 Å². The molecule has 0 spiro atoms. The highest BCUT2D eigenvalue weighted by molar-refractivity contribution is 6.64. The molecule has 0 bridgehead atoms. The number of carbonyl (C=O) groups excluding carboxylic acids is 1. The third-order valence-electron chi connectivity index (χ3n) is 1.05. The SMILES string of the molecule is C=C=CC(CC)C(=O)Cl. The minimum absolute atomic E-state index is 0.204. The zero-order valence-electron chi connectivity index (χ0n) is 5.36. The Morgan fingerprint density at radius 3 is 2.67 bits per heavy atom. The van der Waals surface area contributed by atoms with Gasteiger partial charge in [-0.25, -0.2) is 0 Å². The van der Waals surface area contributed by atoms with Gasteiger partial charge in [-0.2, -0.15) is 0 Å². The second kappa shape index (κ2) is 4.37. The zero-order valence-corrected chi connectivity index (χ0v) is 6.11. The third kappa shape index (κ3) is 3.12. The zero-order chi connectivity index (χ0) is 7.28. The minimum Gasteiger partial charge on any atom is -0.281 e. The molecule has 50 valence electrons. The predicted octanol–water partition coefficient (Wildman–Crippen LogP) is 2.12. The van der Waals surface area contributed by atoms with Crippen LogP contribution in [0, 0.1) is 5.92 Å². The van der Waals surface area contributed by atoms with Crippen LogP contribution >= 0.6 is 11.6 Å². The molecular formula is C7H9ClO. The van der Waals surface area contributed by atoms with Crippen molar-refractivity contribution in [3.63, 3.8) is 0 Å². The summed E-state index contributed by atoms with van der Waals surface area (Å²) in [7, 11) is 0. The molecule has 0 aliphatic heterocycles. The summed E-state index contributed by atoms with van der Waals surface area (Å²) >= 11 is 5.18. The first-order valence-electron chi connectivity index (χ1n) is 2.77. The number of hydrogen-bond donors (Lipinski definition) is 0. The van der Waals surface area contributed by atoms with Crippen molar-refractivity contribution in [3.05, 3.63) is 18.4 Å². The molecule has 2 heteroatoms. The van der Waals surface area contributed by atoms with Crippen LogP contribution < -0.4 is 0 Å². The Balaban J connectivity index is 3.98. The molecule has 0 saturated heterocycles. The topological polar surface area (TPSA) is 17.1 Å². The summed E-state index contributed by atoms with van der Waals surface area (Å²) in [5, 5.41) is -0.339. The monoisotopic (exact) mass is 144 g/mol.